The first kappa shape index (κ1) is 17.9. The molecule has 140 valence electrons. The van der Waals surface area contributed by atoms with E-state index in [0.29, 0.717) is 23.3 Å². The first-order valence-electron chi connectivity index (χ1n) is 8.83. The second kappa shape index (κ2) is 6.93. The highest BCUT2D eigenvalue weighted by Gasteiger charge is 2.41. The molecule has 6 heteroatoms. The van der Waals surface area contributed by atoms with E-state index in [0.717, 1.165) is 17.7 Å². The Labute approximate surface area is 160 Å². The number of Topliss-reactive ketones (excluding diaryl/α,β-unsaturated/α-hetero) is 1. The summed E-state index contributed by atoms with van der Waals surface area (Å²) in [6.45, 7) is 0. The van der Waals surface area contributed by atoms with Gasteiger partial charge >= 0.3 is 0 Å². The molecule has 0 aromatic heterocycles. The quantitative estimate of drug-likeness (QED) is 0.851. The van der Waals surface area contributed by atoms with Gasteiger partial charge in [-0.3, -0.25) is 4.79 Å². The summed E-state index contributed by atoms with van der Waals surface area (Å²) >= 11 is 0. The van der Waals surface area contributed by atoms with Crippen LogP contribution in [0.25, 0.3) is 0 Å². The molecule has 0 spiro atoms. The molecule has 2 aliphatic rings. The number of nitrogens with zero attached hydrogens (tertiary/aromatic N) is 1. The predicted molar refractivity (Wildman–Crippen MR) is 97.5 cm³/mol. The van der Waals surface area contributed by atoms with E-state index in [9.17, 15) is 18.8 Å². The summed E-state index contributed by atoms with van der Waals surface area (Å²) in [5.41, 5.74) is 7.56. The number of halogens is 2. The Morgan fingerprint density at radius 1 is 1.04 bits per heavy atom. The minimum absolute atomic E-state index is 0.0243. The lowest BCUT2D eigenvalue weighted by atomic mass is 9.73. The molecule has 2 N–H and O–H groups in total. The first-order chi connectivity index (χ1) is 13.5. The Balaban J connectivity index is 1.81. The number of benzene rings is 2. The van der Waals surface area contributed by atoms with Crippen molar-refractivity contribution < 1.29 is 18.3 Å². The first-order valence-corrected chi connectivity index (χ1v) is 8.83. The lowest BCUT2D eigenvalue weighted by Gasteiger charge is -2.34. The van der Waals surface area contributed by atoms with Crippen molar-refractivity contribution in [1.29, 1.82) is 5.26 Å². The normalized spacial score (nSPS) is 21.8. The zero-order chi connectivity index (χ0) is 19.8. The predicted octanol–water partition coefficient (Wildman–Crippen LogP) is 4.17. The van der Waals surface area contributed by atoms with Gasteiger partial charge in [0.15, 0.2) is 17.4 Å². The molecular formula is C22H16F2N2O2. The Kier molecular flexibility index (Phi) is 4.44. The third-order valence-electron chi connectivity index (χ3n) is 5.21. The van der Waals surface area contributed by atoms with E-state index in [1.165, 1.54) is 6.07 Å². The maximum absolute atomic E-state index is 13.8. The van der Waals surface area contributed by atoms with Gasteiger partial charge in [-0.1, -0.05) is 36.4 Å². The Morgan fingerprint density at radius 3 is 2.46 bits per heavy atom. The molecule has 1 aliphatic carbocycles. The van der Waals surface area contributed by atoms with E-state index in [1.807, 2.05) is 36.4 Å². The van der Waals surface area contributed by atoms with E-state index < -0.39 is 17.6 Å². The summed E-state index contributed by atoms with van der Waals surface area (Å²) in [7, 11) is 0. The number of ether oxygens (including phenoxy) is 1. The van der Waals surface area contributed by atoms with Gasteiger partial charge in [0.1, 0.15) is 17.4 Å². The minimum Gasteiger partial charge on any atom is -0.444 e. The van der Waals surface area contributed by atoms with Crippen molar-refractivity contribution in [3.63, 3.8) is 0 Å². The van der Waals surface area contributed by atoms with Crippen molar-refractivity contribution >= 4 is 5.78 Å². The molecule has 0 bridgehead atoms. The zero-order valence-corrected chi connectivity index (χ0v) is 14.8. The number of nitriles is 1. The minimum atomic E-state index is -1.05. The van der Waals surface area contributed by atoms with Gasteiger partial charge in [0.2, 0.25) is 5.88 Å². The van der Waals surface area contributed by atoms with Crippen molar-refractivity contribution in [2.45, 2.75) is 24.7 Å². The lowest BCUT2D eigenvalue weighted by Crippen LogP contribution is -2.30. The van der Waals surface area contributed by atoms with Crippen molar-refractivity contribution in [2.24, 2.45) is 5.73 Å². The number of allylic oxidation sites excluding steroid dienone is 3. The molecule has 0 amide bonds. The Morgan fingerprint density at radius 2 is 1.79 bits per heavy atom. The number of rotatable bonds is 2. The standard InChI is InChI=1S/C22H16F2N2O2/c23-16-7-6-13(8-17(16)24)20-15(11-25)22(26)28-19-10-14(9-18(27)21(19)20)12-4-2-1-3-5-12/h1-8,14,20H,9-10,26H2/t14-,20+/m1/s1. The molecular weight excluding hydrogens is 362 g/mol. The van der Waals surface area contributed by atoms with Gasteiger partial charge in [0.05, 0.1) is 5.92 Å². The zero-order valence-electron chi connectivity index (χ0n) is 14.8. The van der Waals surface area contributed by atoms with Crippen molar-refractivity contribution in [2.75, 3.05) is 0 Å². The van der Waals surface area contributed by atoms with E-state index >= 15 is 0 Å². The summed E-state index contributed by atoms with van der Waals surface area (Å²) in [4.78, 5) is 13.0. The highest BCUT2D eigenvalue weighted by Crippen LogP contribution is 2.46. The highest BCUT2D eigenvalue weighted by molar-refractivity contribution is 6.00. The van der Waals surface area contributed by atoms with Gasteiger partial charge < -0.3 is 10.5 Å². The fourth-order valence-electron chi connectivity index (χ4n) is 3.89. The molecule has 0 unspecified atom stereocenters. The van der Waals surface area contributed by atoms with Crippen LogP contribution in [0.4, 0.5) is 8.78 Å². The van der Waals surface area contributed by atoms with E-state index in [2.05, 4.69) is 0 Å². The topological polar surface area (TPSA) is 76.1 Å². The molecule has 2 aromatic carbocycles. The van der Waals surface area contributed by atoms with E-state index in [4.69, 9.17) is 10.5 Å². The fourth-order valence-corrected chi connectivity index (χ4v) is 3.89. The molecule has 28 heavy (non-hydrogen) atoms. The van der Waals surface area contributed by atoms with Crippen LogP contribution >= 0.6 is 0 Å². The summed E-state index contributed by atoms with van der Waals surface area (Å²) in [5, 5.41) is 9.55. The third-order valence-corrected chi connectivity index (χ3v) is 5.21. The van der Waals surface area contributed by atoms with Crippen LogP contribution in [0.5, 0.6) is 0 Å². The molecule has 4 rings (SSSR count). The van der Waals surface area contributed by atoms with Gasteiger partial charge in [-0.25, -0.2) is 8.78 Å². The lowest BCUT2D eigenvalue weighted by molar-refractivity contribution is -0.117. The molecule has 0 radical (unpaired) electrons. The number of carbonyl (C=O) groups excluding carboxylic acids is 1. The number of hydrogen-bond donors (Lipinski definition) is 1. The largest absolute Gasteiger partial charge is 0.444 e. The average molecular weight is 378 g/mol. The molecule has 0 saturated carbocycles. The van der Waals surface area contributed by atoms with Crippen LogP contribution in [0.3, 0.4) is 0 Å². The van der Waals surface area contributed by atoms with Gasteiger partial charge in [0, 0.05) is 18.4 Å². The molecule has 2 atom stereocenters. The van der Waals surface area contributed by atoms with Crippen molar-refractivity contribution in [3.05, 3.63) is 94.1 Å². The van der Waals surface area contributed by atoms with Crippen LogP contribution < -0.4 is 5.73 Å². The summed E-state index contributed by atoms with van der Waals surface area (Å²) < 4.78 is 32.9. The SMILES string of the molecule is N#CC1=C(N)OC2=C(C(=O)C[C@@H](c3ccccc3)C2)[C@H]1c1ccc(F)c(F)c1. The van der Waals surface area contributed by atoms with Gasteiger partial charge in [0.25, 0.3) is 0 Å². The number of ketones is 1. The van der Waals surface area contributed by atoms with Crippen LogP contribution in [0, 0.1) is 23.0 Å². The van der Waals surface area contributed by atoms with Gasteiger partial charge in [-0.15, -0.1) is 0 Å². The van der Waals surface area contributed by atoms with Crippen LogP contribution in [0.15, 0.2) is 71.3 Å². The van der Waals surface area contributed by atoms with Crippen LogP contribution in [-0.2, 0) is 9.53 Å². The summed E-state index contributed by atoms with van der Waals surface area (Å²) in [5.74, 6) is -2.91. The summed E-state index contributed by atoms with van der Waals surface area (Å²) in [6, 6.07) is 14.9. The second-order valence-corrected chi connectivity index (χ2v) is 6.87. The van der Waals surface area contributed by atoms with Crippen LogP contribution in [0.1, 0.15) is 35.8 Å². The highest BCUT2D eigenvalue weighted by atomic mass is 19.2. The Bertz CT molecular complexity index is 1070. The number of carbonyl (C=O) groups is 1. The van der Waals surface area contributed by atoms with Crippen molar-refractivity contribution in [3.8, 4) is 6.07 Å². The second-order valence-electron chi connectivity index (χ2n) is 6.87. The number of hydrogen-bond acceptors (Lipinski definition) is 4. The number of nitrogens with two attached hydrogens (primary N) is 1. The monoisotopic (exact) mass is 378 g/mol. The van der Waals surface area contributed by atoms with Crippen molar-refractivity contribution in [1.82, 2.24) is 0 Å². The maximum atomic E-state index is 13.8. The molecule has 2 aromatic rings. The molecule has 0 saturated heterocycles. The third kappa shape index (κ3) is 2.95. The van der Waals surface area contributed by atoms with Gasteiger partial charge in [-0.05, 0) is 29.2 Å². The smallest absolute Gasteiger partial charge is 0.205 e. The van der Waals surface area contributed by atoms with E-state index in [-0.39, 0.29) is 29.6 Å². The molecule has 1 heterocycles. The Hall–Kier alpha value is -3.46. The maximum Gasteiger partial charge on any atom is 0.205 e. The average Bonchev–Trinajstić information content (AvgIpc) is 2.69. The fraction of sp³-hybridized carbons (Fsp3) is 0.182. The van der Waals surface area contributed by atoms with Crippen LogP contribution in [-0.4, -0.2) is 5.78 Å². The molecule has 4 nitrogen and oxygen atoms in total. The van der Waals surface area contributed by atoms with Gasteiger partial charge in [-0.2, -0.15) is 5.26 Å². The summed E-state index contributed by atoms with van der Waals surface area (Å²) in [6.07, 6.45) is 0.676. The van der Waals surface area contributed by atoms with Crippen LogP contribution in [0.2, 0.25) is 0 Å². The molecule has 0 fully saturated rings. The molecule has 1 aliphatic heterocycles. The van der Waals surface area contributed by atoms with E-state index in [1.54, 1.807) is 0 Å².